The van der Waals surface area contributed by atoms with E-state index in [0.717, 1.165) is 51.0 Å². The van der Waals surface area contributed by atoms with E-state index in [1.54, 1.807) is 17.4 Å². The second-order valence-electron chi connectivity index (χ2n) is 10.7. The number of hydrogen-bond acceptors (Lipinski definition) is 7. The van der Waals surface area contributed by atoms with Gasteiger partial charge in [0.2, 0.25) is 0 Å². The number of pyridine rings is 1. The summed E-state index contributed by atoms with van der Waals surface area (Å²) in [5.41, 5.74) is -0.0802. The highest BCUT2D eigenvalue weighted by Crippen LogP contribution is 2.23. The van der Waals surface area contributed by atoms with Crippen molar-refractivity contribution in [1.29, 1.82) is 0 Å². The molecule has 0 radical (unpaired) electrons. The number of nitrogens with zero attached hydrogens (tertiary/aromatic N) is 2. The Hall–Kier alpha value is -3.20. The summed E-state index contributed by atoms with van der Waals surface area (Å²) < 4.78 is 14.3. The lowest BCUT2D eigenvalue weighted by molar-refractivity contribution is -0.158. The van der Waals surface area contributed by atoms with Gasteiger partial charge in [0, 0.05) is 43.0 Å². The van der Waals surface area contributed by atoms with Gasteiger partial charge in [0.25, 0.3) is 5.56 Å². The number of carbonyl (C=O) groups is 1. The van der Waals surface area contributed by atoms with Crippen molar-refractivity contribution < 1.29 is 14.3 Å². The Balaban J connectivity index is 0.000000343. The van der Waals surface area contributed by atoms with E-state index in [1.165, 1.54) is 20.7 Å². The molecular formula is C32H41N3O4S. The Morgan fingerprint density at radius 1 is 1.00 bits per heavy atom. The second kappa shape index (κ2) is 14.4. The lowest BCUT2D eigenvalue weighted by atomic mass is 9.91. The van der Waals surface area contributed by atoms with Crippen molar-refractivity contribution >= 4 is 38.3 Å². The molecule has 5 rings (SSSR count). The molecular weight excluding hydrogens is 522 g/mol. The quantitative estimate of drug-likeness (QED) is 0.191. The third kappa shape index (κ3) is 8.16. The van der Waals surface area contributed by atoms with Gasteiger partial charge in [-0.05, 0) is 86.1 Å². The molecule has 3 heterocycles. The molecule has 0 aliphatic carbocycles. The van der Waals surface area contributed by atoms with Crippen LogP contribution >= 0.6 is 11.3 Å². The van der Waals surface area contributed by atoms with Crippen molar-refractivity contribution in [1.82, 2.24) is 14.8 Å². The highest BCUT2D eigenvalue weighted by molar-refractivity contribution is 7.17. The Kier molecular flexibility index (Phi) is 10.7. The highest BCUT2D eigenvalue weighted by atomic mass is 32.1. The number of hydrogen-bond donors (Lipinski definition) is 1. The van der Waals surface area contributed by atoms with E-state index in [9.17, 15) is 9.59 Å². The maximum absolute atomic E-state index is 12.4. The average molecular weight is 564 g/mol. The zero-order valence-corrected chi connectivity index (χ0v) is 24.7. The number of esters is 1. The molecule has 1 aliphatic rings. The number of thiophene rings is 1. The van der Waals surface area contributed by atoms with Crippen LogP contribution in [0.2, 0.25) is 0 Å². The second-order valence-corrected chi connectivity index (χ2v) is 11.7. The number of fused-ring (bicyclic) bond motifs is 2. The Labute approximate surface area is 240 Å². The van der Waals surface area contributed by atoms with Crippen molar-refractivity contribution in [3.8, 4) is 5.75 Å². The van der Waals surface area contributed by atoms with Gasteiger partial charge in [-0.3, -0.25) is 14.2 Å². The third-order valence-corrected chi connectivity index (χ3v) is 8.33. The van der Waals surface area contributed by atoms with E-state index in [4.69, 9.17) is 9.47 Å². The zero-order valence-electron chi connectivity index (χ0n) is 23.9. The van der Waals surface area contributed by atoms with Crippen LogP contribution in [0.3, 0.4) is 0 Å². The molecule has 40 heavy (non-hydrogen) atoms. The van der Waals surface area contributed by atoms with Gasteiger partial charge in [0.15, 0.2) is 6.73 Å². The molecule has 1 aliphatic heterocycles. The van der Waals surface area contributed by atoms with Crippen LogP contribution in [0.25, 0.3) is 21.0 Å². The Morgan fingerprint density at radius 2 is 1.77 bits per heavy atom. The van der Waals surface area contributed by atoms with Gasteiger partial charge >= 0.3 is 5.97 Å². The van der Waals surface area contributed by atoms with E-state index >= 15 is 0 Å². The van der Waals surface area contributed by atoms with Crippen molar-refractivity contribution in [3.05, 3.63) is 76.4 Å². The van der Waals surface area contributed by atoms with Crippen molar-refractivity contribution in [2.45, 2.75) is 46.8 Å². The summed E-state index contributed by atoms with van der Waals surface area (Å²) >= 11 is 1.79. The molecule has 0 unspecified atom stereocenters. The first-order valence-corrected chi connectivity index (χ1v) is 15.0. The Bertz CT molecular complexity index is 1410. The maximum atomic E-state index is 12.4. The molecule has 1 saturated heterocycles. The SMILES string of the molecule is CCC(C)(C)C(=O)OCn1c(=O)ccc2ccc(OCCCCN3CCNCC3)cc21.c1ccc2sccc2c1. The van der Waals surface area contributed by atoms with Crippen LogP contribution in [-0.4, -0.2) is 54.8 Å². The van der Waals surface area contributed by atoms with Gasteiger partial charge in [0.1, 0.15) is 5.75 Å². The minimum absolute atomic E-state index is 0.105. The Morgan fingerprint density at radius 3 is 2.55 bits per heavy atom. The topological polar surface area (TPSA) is 72.8 Å². The smallest absolute Gasteiger partial charge is 0.313 e. The summed E-state index contributed by atoms with van der Waals surface area (Å²) in [5.74, 6) is 0.407. The molecule has 0 spiro atoms. The fourth-order valence-corrected chi connectivity index (χ4v) is 5.21. The van der Waals surface area contributed by atoms with Crippen LogP contribution in [-0.2, 0) is 16.3 Å². The van der Waals surface area contributed by atoms with Crippen LogP contribution in [0.15, 0.2) is 70.8 Å². The van der Waals surface area contributed by atoms with Crippen molar-refractivity contribution in [3.63, 3.8) is 0 Å². The molecule has 0 atom stereocenters. The number of unbranched alkanes of at least 4 members (excludes halogenated alkanes) is 1. The molecule has 0 saturated carbocycles. The molecule has 0 amide bonds. The lowest BCUT2D eigenvalue weighted by Gasteiger charge is -2.27. The third-order valence-electron chi connectivity index (χ3n) is 7.43. The fourth-order valence-electron chi connectivity index (χ4n) is 4.42. The minimum atomic E-state index is -0.576. The molecule has 214 valence electrons. The van der Waals surface area contributed by atoms with Crippen LogP contribution in [0, 0.1) is 5.41 Å². The van der Waals surface area contributed by atoms with Gasteiger partial charge in [-0.2, -0.15) is 0 Å². The predicted octanol–water partition coefficient (Wildman–Crippen LogP) is 5.90. The summed E-state index contributed by atoms with van der Waals surface area (Å²) in [6.45, 7) is 11.6. The maximum Gasteiger partial charge on any atom is 0.313 e. The average Bonchev–Trinajstić information content (AvgIpc) is 3.46. The number of aromatic nitrogens is 1. The molecule has 1 N–H and O–H groups in total. The first-order chi connectivity index (χ1) is 19.4. The van der Waals surface area contributed by atoms with Gasteiger partial charge in [-0.1, -0.05) is 25.1 Å². The monoisotopic (exact) mass is 563 g/mol. The van der Waals surface area contributed by atoms with E-state index in [2.05, 4.69) is 45.9 Å². The number of rotatable bonds is 10. The van der Waals surface area contributed by atoms with Crippen LogP contribution < -0.4 is 15.6 Å². The zero-order chi connectivity index (χ0) is 28.4. The highest BCUT2D eigenvalue weighted by Gasteiger charge is 2.27. The normalized spacial score (nSPS) is 14.1. The summed E-state index contributed by atoms with van der Waals surface area (Å²) in [6, 6.07) is 19.5. The van der Waals surface area contributed by atoms with E-state index in [0.29, 0.717) is 24.3 Å². The lowest BCUT2D eigenvalue weighted by Crippen LogP contribution is -2.43. The van der Waals surface area contributed by atoms with Gasteiger partial charge in [-0.15, -0.1) is 11.3 Å². The first-order valence-electron chi connectivity index (χ1n) is 14.2. The molecule has 1 fully saturated rings. The van der Waals surface area contributed by atoms with Crippen LogP contribution in [0.1, 0.15) is 40.0 Å². The van der Waals surface area contributed by atoms with E-state index in [-0.39, 0.29) is 18.3 Å². The molecule has 8 heteroatoms. The van der Waals surface area contributed by atoms with Gasteiger partial charge in [0.05, 0.1) is 17.5 Å². The number of ether oxygens (including phenoxy) is 2. The number of piperazine rings is 1. The summed E-state index contributed by atoms with van der Waals surface area (Å²) in [6.07, 6.45) is 2.75. The molecule has 7 nitrogen and oxygen atoms in total. The van der Waals surface area contributed by atoms with Crippen molar-refractivity contribution in [2.24, 2.45) is 5.41 Å². The standard InChI is InChI=1S/C24H35N3O4.C8H6S/c1-4-24(2,3)23(29)31-18-27-21-17-20(9-7-19(21)8-10-22(27)28)30-16-6-5-13-26-14-11-25-12-15-26;1-2-4-8-7(3-1)5-6-9-8/h7-10,17,25H,4-6,11-16,18H2,1-3H3;1-6H. The predicted molar refractivity (Wildman–Crippen MR) is 164 cm³/mol. The van der Waals surface area contributed by atoms with Crippen LogP contribution in [0.5, 0.6) is 5.75 Å². The number of carbonyl (C=O) groups excluding carboxylic acids is 1. The minimum Gasteiger partial charge on any atom is -0.494 e. The summed E-state index contributed by atoms with van der Waals surface area (Å²) in [4.78, 5) is 27.3. The van der Waals surface area contributed by atoms with E-state index in [1.807, 2.05) is 39.0 Å². The van der Waals surface area contributed by atoms with Gasteiger partial charge in [-0.25, -0.2) is 0 Å². The number of benzene rings is 2. The van der Waals surface area contributed by atoms with Crippen molar-refractivity contribution in [2.75, 3.05) is 39.3 Å². The van der Waals surface area contributed by atoms with Crippen LogP contribution in [0.4, 0.5) is 0 Å². The molecule has 4 aromatic rings. The van der Waals surface area contributed by atoms with Gasteiger partial charge < -0.3 is 19.7 Å². The molecule has 0 bridgehead atoms. The largest absolute Gasteiger partial charge is 0.494 e. The molecule has 2 aromatic carbocycles. The number of nitrogens with one attached hydrogen (secondary N) is 1. The van der Waals surface area contributed by atoms with E-state index < -0.39 is 5.41 Å². The first kappa shape index (κ1) is 29.8. The fraction of sp³-hybridized carbons (Fsp3) is 0.438. The molecule has 2 aromatic heterocycles. The summed E-state index contributed by atoms with van der Waals surface area (Å²) in [7, 11) is 0. The summed E-state index contributed by atoms with van der Waals surface area (Å²) in [5, 5.41) is 7.73.